The molecule has 0 aliphatic heterocycles. The van der Waals surface area contributed by atoms with E-state index in [1.165, 1.54) is 5.56 Å². The summed E-state index contributed by atoms with van der Waals surface area (Å²) in [5.74, 6) is 0. The normalized spacial score (nSPS) is 14.5. The van der Waals surface area contributed by atoms with E-state index in [-0.39, 0.29) is 6.10 Å². The molecule has 0 aliphatic rings. The van der Waals surface area contributed by atoms with Crippen molar-refractivity contribution in [2.75, 3.05) is 6.54 Å². The number of rotatable bonds is 8. The van der Waals surface area contributed by atoms with Crippen molar-refractivity contribution in [2.45, 2.75) is 51.7 Å². The lowest BCUT2D eigenvalue weighted by molar-refractivity contribution is 0.155. The molecule has 0 amide bonds. The molecule has 1 rings (SSSR count). The highest BCUT2D eigenvalue weighted by Crippen LogP contribution is 2.18. The summed E-state index contributed by atoms with van der Waals surface area (Å²) in [6.45, 7) is 4.98. The minimum Gasteiger partial charge on any atom is -0.392 e. The van der Waals surface area contributed by atoms with Crippen molar-refractivity contribution in [2.24, 2.45) is 0 Å². The maximum absolute atomic E-state index is 9.75. The molecule has 0 radical (unpaired) electrons. The van der Waals surface area contributed by atoms with Crippen LogP contribution in [0.25, 0.3) is 0 Å². The first-order valence-electron chi connectivity index (χ1n) is 6.74. The Balaban J connectivity index is 2.49. The van der Waals surface area contributed by atoms with Crippen molar-refractivity contribution in [1.29, 1.82) is 0 Å². The molecule has 0 aliphatic carbocycles. The molecule has 96 valence electrons. The summed E-state index contributed by atoms with van der Waals surface area (Å²) < 4.78 is 0. The van der Waals surface area contributed by atoms with Gasteiger partial charge < -0.3 is 10.4 Å². The zero-order chi connectivity index (χ0) is 12.5. The Morgan fingerprint density at radius 3 is 2.29 bits per heavy atom. The maximum Gasteiger partial charge on any atom is 0.0664 e. The van der Waals surface area contributed by atoms with Gasteiger partial charge in [-0.3, -0.25) is 0 Å². The van der Waals surface area contributed by atoms with Crippen molar-refractivity contribution in [3.63, 3.8) is 0 Å². The second-order valence-electron chi connectivity index (χ2n) is 4.60. The molecule has 0 bridgehead atoms. The summed E-state index contributed by atoms with van der Waals surface area (Å²) >= 11 is 0. The largest absolute Gasteiger partial charge is 0.392 e. The highest BCUT2D eigenvalue weighted by molar-refractivity contribution is 5.18. The molecule has 1 aromatic rings. The number of aliphatic hydroxyl groups excluding tert-OH is 1. The van der Waals surface area contributed by atoms with E-state index in [4.69, 9.17) is 0 Å². The molecule has 17 heavy (non-hydrogen) atoms. The molecule has 0 aromatic heterocycles. The molecular formula is C15H25NO. The first-order valence-corrected chi connectivity index (χ1v) is 6.74. The van der Waals surface area contributed by atoms with Crippen LogP contribution in [0.5, 0.6) is 0 Å². The van der Waals surface area contributed by atoms with Crippen LogP contribution >= 0.6 is 0 Å². The van der Waals surface area contributed by atoms with Gasteiger partial charge in [-0.1, -0.05) is 57.0 Å². The number of hydrogen-bond acceptors (Lipinski definition) is 2. The number of hydrogen-bond donors (Lipinski definition) is 2. The van der Waals surface area contributed by atoms with Crippen LogP contribution in [0.3, 0.4) is 0 Å². The van der Waals surface area contributed by atoms with Crippen molar-refractivity contribution < 1.29 is 5.11 Å². The van der Waals surface area contributed by atoms with E-state index in [1.54, 1.807) is 0 Å². The van der Waals surface area contributed by atoms with Crippen LogP contribution in [0.1, 0.15) is 51.1 Å². The average Bonchev–Trinajstić information content (AvgIpc) is 2.36. The summed E-state index contributed by atoms with van der Waals surface area (Å²) in [6, 6.07) is 10.9. The zero-order valence-corrected chi connectivity index (χ0v) is 11.0. The van der Waals surface area contributed by atoms with Crippen LogP contribution in [-0.2, 0) is 0 Å². The second kappa shape index (κ2) is 8.26. The highest BCUT2D eigenvalue weighted by atomic mass is 16.3. The fraction of sp³-hybridized carbons (Fsp3) is 0.600. The van der Waals surface area contributed by atoms with E-state index in [1.807, 2.05) is 6.07 Å². The summed E-state index contributed by atoms with van der Waals surface area (Å²) in [5, 5.41) is 13.2. The van der Waals surface area contributed by atoms with Gasteiger partial charge in [0.15, 0.2) is 0 Å². The van der Waals surface area contributed by atoms with Gasteiger partial charge in [0.25, 0.3) is 0 Å². The smallest absolute Gasteiger partial charge is 0.0664 e. The van der Waals surface area contributed by atoms with Gasteiger partial charge in [0.2, 0.25) is 0 Å². The predicted molar refractivity (Wildman–Crippen MR) is 73.0 cm³/mol. The quantitative estimate of drug-likeness (QED) is 0.724. The Bertz CT molecular complexity index is 286. The molecule has 0 saturated carbocycles. The SMILES string of the molecule is CCCC(O)CNC(CCC)c1ccccc1. The van der Waals surface area contributed by atoms with E-state index in [9.17, 15) is 5.11 Å². The number of nitrogens with one attached hydrogen (secondary N) is 1. The molecule has 0 saturated heterocycles. The van der Waals surface area contributed by atoms with Crippen molar-refractivity contribution >= 4 is 0 Å². The molecular weight excluding hydrogens is 210 g/mol. The lowest BCUT2D eigenvalue weighted by atomic mass is 10.0. The van der Waals surface area contributed by atoms with Crippen LogP contribution in [-0.4, -0.2) is 17.8 Å². The zero-order valence-electron chi connectivity index (χ0n) is 11.0. The van der Waals surface area contributed by atoms with Crippen molar-refractivity contribution in [3.05, 3.63) is 35.9 Å². The lowest BCUT2D eigenvalue weighted by Crippen LogP contribution is -2.30. The van der Waals surface area contributed by atoms with E-state index in [0.29, 0.717) is 12.6 Å². The number of aliphatic hydroxyl groups is 1. The van der Waals surface area contributed by atoms with Crippen molar-refractivity contribution in [1.82, 2.24) is 5.32 Å². The first-order chi connectivity index (χ1) is 8.27. The Labute approximate surface area is 105 Å². The van der Waals surface area contributed by atoms with Gasteiger partial charge in [0.1, 0.15) is 0 Å². The van der Waals surface area contributed by atoms with Crippen molar-refractivity contribution in [3.8, 4) is 0 Å². The van der Waals surface area contributed by atoms with Gasteiger partial charge in [-0.2, -0.15) is 0 Å². The maximum atomic E-state index is 9.75. The summed E-state index contributed by atoms with van der Waals surface area (Å²) in [6.07, 6.45) is 3.95. The van der Waals surface area contributed by atoms with E-state index in [0.717, 1.165) is 25.7 Å². The topological polar surface area (TPSA) is 32.3 Å². The van der Waals surface area contributed by atoms with Gasteiger partial charge in [0, 0.05) is 12.6 Å². The molecule has 2 unspecified atom stereocenters. The molecule has 1 aromatic carbocycles. The van der Waals surface area contributed by atoms with E-state index >= 15 is 0 Å². The van der Waals surface area contributed by atoms with Crippen LogP contribution in [0.4, 0.5) is 0 Å². The number of benzene rings is 1. The summed E-state index contributed by atoms with van der Waals surface area (Å²) in [4.78, 5) is 0. The van der Waals surface area contributed by atoms with Gasteiger partial charge in [-0.25, -0.2) is 0 Å². The monoisotopic (exact) mass is 235 g/mol. The highest BCUT2D eigenvalue weighted by Gasteiger charge is 2.11. The second-order valence-corrected chi connectivity index (χ2v) is 4.60. The molecule has 2 nitrogen and oxygen atoms in total. The molecule has 0 heterocycles. The fourth-order valence-electron chi connectivity index (χ4n) is 2.07. The van der Waals surface area contributed by atoms with Crippen LogP contribution in [0.15, 0.2) is 30.3 Å². The summed E-state index contributed by atoms with van der Waals surface area (Å²) in [5.41, 5.74) is 1.32. The third-order valence-corrected chi connectivity index (χ3v) is 3.00. The van der Waals surface area contributed by atoms with E-state index in [2.05, 4.69) is 43.4 Å². The first kappa shape index (κ1) is 14.2. The van der Waals surface area contributed by atoms with Gasteiger partial charge in [-0.15, -0.1) is 0 Å². The minimum absolute atomic E-state index is 0.219. The Kier molecular flexibility index (Phi) is 6.90. The molecule has 2 heteroatoms. The van der Waals surface area contributed by atoms with Crippen LogP contribution < -0.4 is 5.32 Å². The van der Waals surface area contributed by atoms with Gasteiger partial charge >= 0.3 is 0 Å². The van der Waals surface area contributed by atoms with Crippen LogP contribution in [0.2, 0.25) is 0 Å². The average molecular weight is 235 g/mol. The van der Waals surface area contributed by atoms with Crippen LogP contribution in [0, 0.1) is 0 Å². The standard InChI is InChI=1S/C15H25NO/c1-3-8-14(17)12-16-15(9-4-2)13-10-6-5-7-11-13/h5-7,10-11,14-17H,3-4,8-9,12H2,1-2H3. The van der Waals surface area contributed by atoms with Gasteiger partial charge in [0.05, 0.1) is 6.10 Å². The third kappa shape index (κ3) is 5.33. The van der Waals surface area contributed by atoms with E-state index < -0.39 is 0 Å². The molecule has 2 atom stereocenters. The molecule has 0 spiro atoms. The molecule has 0 fully saturated rings. The Morgan fingerprint density at radius 1 is 1.06 bits per heavy atom. The minimum atomic E-state index is -0.219. The molecule has 2 N–H and O–H groups in total. The Morgan fingerprint density at radius 2 is 1.71 bits per heavy atom. The Hall–Kier alpha value is -0.860. The fourth-order valence-corrected chi connectivity index (χ4v) is 2.07. The summed E-state index contributed by atoms with van der Waals surface area (Å²) in [7, 11) is 0. The predicted octanol–water partition coefficient (Wildman–Crippen LogP) is 3.28. The lowest BCUT2D eigenvalue weighted by Gasteiger charge is -2.20. The van der Waals surface area contributed by atoms with Gasteiger partial charge in [-0.05, 0) is 18.4 Å². The third-order valence-electron chi connectivity index (χ3n) is 3.00.